The standard InChI is InChI=1S/C9H13N5O/c1-3-13-8(11-12-9(13)15)7(2)14-6-4-5-10-14/h4-7H,3H2,1-2H3,(H,12,15)/t7-/m1/s1. The fourth-order valence-electron chi connectivity index (χ4n) is 1.58. The minimum Gasteiger partial charge on any atom is -0.278 e. The van der Waals surface area contributed by atoms with Gasteiger partial charge in [-0.15, -0.1) is 0 Å². The molecule has 0 aliphatic heterocycles. The summed E-state index contributed by atoms with van der Waals surface area (Å²) in [6.07, 6.45) is 3.56. The molecule has 0 aliphatic rings. The van der Waals surface area contributed by atoms with E-state index in [1.165, 1.54) is 0 Å². The summed E-state index contributed by atoms with van der Waals surface area (Å²) in [5.41, 5.74) is -0.175. The van der Waals surface area contributed by atoms with Crippen LogP contribution < -0.4 is 5.69 Å². The molecule has 6 heteroatoms. The molecule has 2 aromatic heterocycles. The summed E-state index contributed by atoms with van der Waals surface area (Å²) in [6.45, 7) is 4.47. The zero-order valence-electron chi connectivity index (χ0n) is 8.71. The van der Waals surface area contributed by atoms with Crippen LogP contribution in [0.15, 0.2) is 23.3 Å². The number of nitrogens with zero attached hydrogens (tertiary/aromatic N) is 4. The van der Waals surface area contributed by atoms with E-state index in [1.54, 1.807) is 15.4 Å². The van der Waals surface area contributed by atoms with Crippen LogP contribution in [0.4, 0.5) is 0 Å². The molecule has 1 N–H and O–H groups in total. The van der Waals surface area contributed by atoms with Crippen LogP contribution in [0, 0.1) is 0 Å². The van der Waals surface area contributed by atoms with Crippen LogP contribution in [0.1, 0.15) is 25.7 Å². The second kappa shape index (κ2) is 3.72. The maximum absolute atomic E-state index is 11.4. The topological polar surface area (TPSA) is 68.5 Å². The molecule has 0 aliphatic carbocycles. The Labute approximate surface area is 86.5 Å². The van der Waals surface area contributed by atoms with E-state index in [4.69, 9.17) is 0 Å². The highest BCUT2D eigenvalue weighted by atomic mass is 16.1. The third-order valence-corrected chi connectivity index (χ3v) is 2.40. The van der Waals surface area contributed by atoms with Crippen LogP contribution >= 0.6 is 0 Å². The predicted octanol–water partition coefficient (Wildman–Crippen LogP) is 0.397. The Hall–Kier alpha value is -1.85. The van der Waals surface area contributed by atoms with Gasteiger partial charge >= 0.3 is 5.69 Å². The van der Waals surface area contributed by atoms with Gasteiger partial charge in [0.25, 0.3) is 0 Å². The second-order valence-corrected chi connectivity index (χ2v) is 3.29. The zero-order valence-corrected chi connectivity index (χ0v) is 8.71. The third-order valence-electron chi connectivity index (χ3n) is 2.40. The van der Waals surface area contributed by atoms with Gasteiger partial charge < -0.3 is 0 Å². The minimum absolute atomic E-state index is 0.0427. The highest BCUT2D eigenvalue weighted by Gasteiger charge is 2.15. The molecule has 0 unspecified atom stereocenters. The minimum atomic E-state index is -0.175. The lowest BCUT2D eigenvalue weighted by Crippen LogP contribution is -2.21. The molecule has 0 spiro atoms. The van der Waals surface area contributed by atoms with Crippen LogP contribution in [0.25, 0.3) is 0 Å². The van der Waals surface area contributed by atoms with Crippen molar-refractivity contribution in [2.75, 3.05) is 0 Å². The van der Waals surface area contributed by atoms with Gasteiger partial charge in [-0.25, -0.2) is 9.89 Å². The lowest BCUT2D eigenvalue weighted by molar-refractivity contribution is 0.505. The quantitative estimate of drug-likeness (QED) is 0.792. The molecule has 1 atom stereocenters. The maximum atomic E-state index is 11.4. The summed E-state index contributed by atoms with van der Waals surface area (Å²) in [5.74, 6) is 0.700. The van der Waals surface area contributed by atoms with E-state index in [0.29, 0.717) is 12.4 Å². The van der Waals surface area contributed by atoms with E-state index < -0.39 is 0 Å². The fraction of sp³-hybridized carbons (Fsp3) is 0.444. The maximum Gasteiger partial charge on any atom is 0.343 e. The lowest BCUT2D eigenvalue weighted by Gasteiger charge is -2.11. The number of hydrogen-bond acceptors (Lipinski definition) is 3. The first-order chi connectivity index (χ1) is 7.24. The average molecular weight is 207 g/mol. The summed E-state index contributed by atoms with van der Waals surface area (Å²) >= 11 is 0. The molecule has 2 aromatic rings. The van der Waals surface area contributed by atoms with Gasteiger partial charge in [0, 0.05) is 18.9 Å². The van der Waals surface area contributed by atoms with Crippen molar-refractivity contribution in [1.82, 2.24) is 24.5 Å². The van der Waals surface area contributed by atoms with Crippen LogP contribution in [0.5, 0.6) is 0 Å². The Morgan fingerprint density at radius 1 is 1.60 bits per heavy atom. The lowest BCUT2D eigenvalue weighted by atomic mass is 10.3. The molecule has 0 saturated carbocycles. The normalized spacial score (nSPS) is 12.9. The Morgan fingerprint density at radius 3 is 3.00 bits per heavy atom. The van der Waals surface area contributed by atoms with Crippen molar-refractivity contribution in [3.63, 3.8) is 0 Å². The Bertz CT molecular complexity index is 481. The first kappa shape index (κ1) is 9.70. The van der Waals surface area contributed by atoms with Gasteiger partial charge in [0.1, 0.15) is 6.04 Å². The smallest absolute Gasteiger partial charge is 0.278 e. The van der Waals surface area contributed by atoms with Crippen molar-refractivity contribution >= 4 is 0 Å². The third kappa shape index (κ3) is 1.58. The van der Waals surface area contributed by atoms with E-state index in [9.17, 15) is 4.79 Å². The van der Waals surface area contributed by atoms with Crippen LogP contribution in [0.3, 0.4) is 0 Å². The predicted molar refractivity (Wildman–Crippen MR) is 54.6 cm³/mol. The van der Waals surface area contributed by atoms with Crippen molar-refractivity contribution in [1.29, 1.82) is 0 Å². The first-order valence-corrected chi connectivity index (χ1v) is 4.88. The van der Waals surface area contributed by atoms with E-state index in [2.05, 4.69) is 15.3 Å². The number of aromatic amines is 1. The molecular weight excluding hydrogens is 194 g/mol. The number of rotatable bonds is 3. The van der Waals surface area contributed by atoms with Gasteiger partial charge in [-0.3, -0.25) is 9.25 Å². The molecule has 0 fully saturated rings. The molecule has 80 valence electrons. The Balaban J connectivity index is 2.41. The van der Waals surface area contributed by atoms with E-state index in [0.717, 1.165) is 0 Å². The molecule has 2 heterocycles. The molecule has 0 saturated heterocycles. The number of hydrogen-bond donors (Lipinski definition) is 1. The van der Waals surface area contributed by atoms with Crippen molar-refractivity contribution in [3.8, 4) is 0 Å². The Morgan fingerprint density at radius 2 is 2.40 bits per heavy atom. The van der Waals surface area contributed by atoms with Gasteiger partial charge in [0.15, 0.2) is 5.82 Å². The molecule has 15 heavy (non-hydrogen) atoms. The van der Waals surface area contributed by atoms with Crippen molar-refractivity contribution < 1.29 is 0 Å². The van der Waals surface area contributed by atoms with Gasteiger partial charge in [0.05, 0.1) is 0 Å². The van der Waals surface area contributed by atoms with Gasteiger partial charge in [-0.1, -0.05) is 0 Å². The molecule has 2 rings (SSSR count). The summed E-state index contributed by atoms with van der Waals surface area (Å²) in [5, 5.41) is 10.6. The SMILES string of the molecule is CCn1c([C@@H](C)n2cccn2)n[nH]c1=O. The summed E-state index contributed by atoms with van der Waals surface area (Å²) in [6, 6.07) is 1.80. The highest BCUT2D eigenvalue weighted by molar-refractivity contribution is 4.96. The van der Waals surface area contributed by atoms with Crippen LogP contribution in [-0.4, -0.2) is 24.5 Å². The van der Waals surface area contributed by atoms with E-state index >= 15 is 0 Å². The number of H-pyrrole nitrogens is 1. The number of nitrogens with one attached hydrogen (secondary N) is 1. The van der Waals surface area contributed by atoms with Crippen molar-refractivity contribution in [2.45, 2.75) is 26.4 Å². The monoisotopic (exact) mass is 207 g/mol. The van der Waals surface area contributed by atoms with Crippen LogP contribution in [0.2, 0.25) is 0 Å². The largest absolute Gasteiger partial charge is 0.343 e. The van der Waals surface area contributed by atoms with Crippen LogP contribution in [-0.2, 0) is 6.54 Å². The molecule has 0 bridgehead atoms. The molecule has 6 nitrogen and oxygen atoms in total. The Kier molecular flexibility index (Phi) is 2.40. The molecule has 0 aromatic carbocycles. The summed E-state index contributed by atoms with van der Waals surface area (Å²) < 4.78 is 3.37. The van der Waals surface area contributed by atoms with Gasteiger partial charge in [-0.05, 0) is 19.9 Å². The zero-order chi connectivity index (χ0) is 10.8. The second-order valence-electron chi connectivity index (χ2n) is 3.29. The average Bonchev–Trinajstić information content (AvgIpc) is 2.85. The summed E-state index contributed by atoms with van der Waals surface area (Å²) in [4.78, 5) is 11.4. The fourth-order valence-corrected chi connectivity index (χ4v) is 1.58. The van der Waals surface area contributed by atoms with Gasteiger partial charge in [0.2, 0.25) is 0 Å². The first-order valence-electron chi connectivity index (χ1n) is 4.88. The molecular formula is C9H13N5O. The van der Waals surface area contributed by atoms with Crippen molar-refractivity contribution in [2.24, 2.45) is 0 Å². The highest BCUT2D eigenvalue weighted by Crippen LogP contribution is 2.11. The molecule has 0 radical (unpaired) electrons. The molecule has 0 amide bonds. The van der Waals surface area contributed by atoms with E-state index in [-0.39, 0.29) is 11.7 Å². The van der Waals surface area contributed by atoms with E-state index in [1.807, 2.05) is 26.1 Å². The van der Waals surface area contributed by atoms with Gasteiger partial charge in [-0.2, -0.15) is 10.2 Å². The number of aromatic nitrogens is 5. The summed E-state index contributed by atoms with van der Waals surface area (Å²) in [7, 11) is 0. The van der Waals surface area contributed by atoms with Crippen molar-refractivity contribution in [3.05, 3.63) is 34.8 Å².